The molecular weight excluding hydrogens is 797 g/mol. The average molecular weight is 851 g/mol. The molecule has 6 aliphatic rings. The number of hydrogen-bond donors (Lipinski definition) is 3. The predicted molar refractivity (Wildman–Crippen MR) is 237 cm³/mol. The molecule has 0 radical (unpaired) electrons. The molecular formula is C49H54N8O6. The van der Waals surface area contributed by atoms with Crippen molar-refractivity contribution in [2.24, 2.45) is 16.7 Å². The van der Waals surface area contributed by atoms with E-state index in [-0.39, 0.29) is 47.8 Å². The van der Waals surface area contributed by atoms with E-state index in [0.29, 0.717) is 64.3 Å². The summed E-state index contributed by atoms with van der Waals surface area (Å²) < 4.78 is 6.63. The topological polar surface area (TPSA) is 171 Å². The van der Waals surface area contributed by atoms with Crippen molar-refractivity contribution in [2.75, 3.05) is 42.5 Å². The molecule has 14 heteroatoms. The summed E-state index contributed by atoms with van der Waals surface area (Å²) in [5.41, 5.74) is 4.22. The number of aromatic amines is 1. The fourth-order valence-electron chi connectivity index (χ4n) is 11.8. The van der Waals surface area contributed by atoms with Crippen molar-refractivity contribution < 1.29 is 23.9 Å². The van der Waals surface area contributed by atoms with E-state index in [1.807, 2.05) is 18.2 Å². The molecule has 326 valence electrons. The van der Waals surface area contributed by atoms with Crippen molar-refractivity contribution in [3.63, 3.8) is 0 Å². The number of H-pyrrole nitrogens is 1. The molecule has 14 nitrogen and oxygen atoms in total. The second-order valence-corrected chi connectivity index (χ2v) is 19.7. The summed E-state index contributed by atoms with van der Waals surface area (Å²) in [5, 5.41) is 16.0. The first kappa shape index (κ1) is 40.8. The van der Waals surface area contributed by atoms with E-state index in [2.05, 4.69) is 88.3 Å². The summed E-state index contributed by atoms with van der Waals surface area (Å²) in [4.78, 5) is 75.2. The molecule has 2 aliphatic carbocycles. The second-order valence-electron chi connectivity index (χ2n) is 19.7. The van der Waals surface area contributed by atoms with Gasteiger partial charge < -0.3 is 29.7 Å². The number of fused-ring (bicyclic) bond motifs is 3. The Morgan fingerprint density at radius 2 is 1.60 bits per heavy atom. The number of nitrogens with one attached hydrogen (secondary N) is 3. The Bertz CT molecular complexity index is 2630. The van der Waals surface area contributed by atoms with Crippen molar-refractivity contribution in [1.29, 1.82) is 5.26 Å². The lowest BCUT2D eigenvalue weighted by Gasteiger charge is -2.63. The first-order valence-electron chi connectivity index (χ1n) is 22.4. The van der Waals surface area contributed by atoms with E-state index in [4.69, 9.17) is 4.74 Å². The SMILES string of the molecule is CC1(C)C(NC(=O)c2ccc(N3CCC(CN4CCN(c5ccc6c(c5)CN([C@H]5CCC(=O)NC5=O)C6=O)C5CC54)CC3)cc2)C(C)(C)C1Oc1ccc(C#N)c2[nH]c(=O)ccc12. The van der Waals surface area contributed by atoms with Crippen LogP contribution in [0.5, 0.6) is 5.75 Å². The number of hydrogen-bond acceptors (Lipinski definition) is 10. The van der Waals surface area contributed by atoms with E-state index in [0.717, 1.165) is 68.9 Å². The third-order valence-corrected chi connectivity index (χ3v) is 15.0. The number of carbonyl (C=O) groups is 4. The molecule has 3 N–H and O–H groups in total. The number of benzene rings is 3. The van der Waals surface area contributed by atoms with Gasteiger partial charge in [0.05, 0.1) is 11.1 Å². The highest BCUT2D eigenvalue weighted by Gasteiger charge is 2.64. The number of amides is 4. The number of carbonyl (C=O) groups excluding carboxylic acids is 4. The number of nitriles is 1. The maximum absolute atomic E-state index is 13.7. The van der Waals surface area contributed by atoms with E-state index in [1.54, 1.807) is 23.1 Å². The lowest BCUT2D eigenvalue weighted by molar-refractivity contribution is -0.163. The van der Waals surface area contributed by atoms with E-state index in [9.17, 15) is 29.2 Å². The van der Waals surface area contributed by atoms with Gasteiger partial charge in [-0.05, 0) is 97.8 Å². The van der Waals surface area contributed by atoms with Gasteiger partial charge in [-0.3, -0.25) is 34.2 Å². The first-order valence-corrected chi connectivity index (χ1v) is 22.4. The number of aromatic nitrogens is 1. The highest BCUT2D eigenvalue weighted by molar-refractivity contribution is 6.05. The van der Waals surface area contributed by atoms with Crippen LogP contribution in [-0.2, 0) is 16.1 Å². The summed E-state index contributed by atoms with van der Waals surface area (Å²) in [7, 11) is 0. The lowest BCUT2D eigenvalue weighted by Crippen LogP contribution is -2.74. The largest absolute Gasteiger partial charge is 0.488 e. The van der Waals surface area contributed by atoms with Gasteiger partial charge in [0, 0.05) is 109 Å². The maximum atomic E-state index is 13.7. The van der Waals surface area contributed by atoms with Gasteiger partial charge in [0.1, 0.15) is 24.0 Å². The fraction of sp³-hybridized carbons (Fsp3) is 0.469. The summed E-state index contributed by atoms with van der Waals surface area (Å²) in [6, 6.07) is 23.0. The molecule has 3 aromatic carbocycles. The minimum absolute atomic E-state index is 0.118. The minimum atomic E-state index is -0.605. The van der Waals surface area contributed by atoms with Crippen LogP contribution in [0.1, 0.15) is 91.6 Å². The van der Waals surface area contributed by atoms with Gasteiger partial charge in [0.15, 0.2) is 0 Å². The Hall–Kier alpha value is -6.20. The molecule has 2 saturated carbocycles. The standard InChI is InChI=1S/C49H54N8O6/c1-48(2)46(49(3,4)47(48)63-39-14-7-30(25-50)42-35(39)12-15-40(58)51-42)53-43(60)29-5-8-32(9-6-29)54-19-17-28(18-20-54)26-55-21-22-56(38-24-37(38)55)33-10-11-34-31(23-33)27-57(45(34)62)36-13-16-41(59)52-44(36)61/h5-12,14-15,23,28,36-38,46-47H,13,16-22,24,26-27H2,1-4H3,(H,51,58)(H,53,60)(H,52,59,61)/t36-,37?,38?,46?,47?/m0/s1. The number of anilines is 2. The number of pyridine rings is 1. The normalized spacial score (nSPS) is 26.4. The minimum Gasteiger partial charge on any atom is -0.488 e. The van der Waals surface area contributed by atoms with Crippen molar-refractivity contribution >= 4 is 45.9 Å². The van der Waals surface area contributed by atoms with Gasteiger partial charge in [0.25, 0.3) is 11.8 Å². The summed E-state index contributed by atoms with van der Waals surface area (Å²) in [6.07, 6.45) is 3.75. The molecule has 3 atom stereocenters. The molecule has 3 saturated heterocycles. The van der Waals surface area contributed by atoms with Crippen LogP contribution in [0.4, 0.5) is 11.4 Å². The predicted octanol–water partition coefficient (Wildman–Crippen LogP) is 4.95. The third kappa shape index (κ3) is 7.10. The van der Waals surface area contributed by atoms with E-state index < -0.39 is 16.9 Å². The van der Waals surface area contributed by atoms with Crippen LogP contribution in [-0.4, -0.2) is 101 Å². The molecule has 63 heavy (non-hydrogen) atoms. The van der Waals surface area contributed by atoms with Crippen LogP contribution in [0.15, 0.2) is 71.5 Å². The Balaban J connectivity index is 0.700. The molecule has 5 fully saturated rings. The van der Waals surface area contributed by atoms with E-state index in [1.165, 1.54) is 6.07 Å². The van der Waals surface area contributed by atoms with Crippen LogP contribution in [0.3, 0.4) is 0 Å². The van der Waals surface area contributed by atoms with Gasteiger partial charge in [-0.2, -0.15) is 5.26 Å². The van der Waals surface area contributed by atoms with Gasteiger partial charge in [-0.15, -0.1) is 0 Å². The quantitative estimate of drug-likeness (QED) is 0.196. The monoisotopic (exact) mass is 850 g/mol. The van der Waals surface area contributed by atoms with Crippen molar-refractivity contribution in [3.8, 4) is 11.8 Å². The third-order valence-electron chi connectivity index (χ3n) is 15.0. The number of piperazine rings is 1. The number of imide groups is 1. The molecule has 5 heterocycles. The molecule has 4 amide bonds. The van der Waals surface area contributed by atoms with E-state index >= 15 is 0 Å². The van der Waals surface area contributed by atoms with Gasteiger partial charge >= 0.3 is 0 Å². The molecule has 4 aromatic rings. The smallest absolute Gasteiger partial charge is 0.255 e. The zero-order valence-electron chi connectivity index (χ0n) is 36.3. The fourth-order valence-corrected chi connectivity index (χ4v) is 11.8. The number of nitrogens with zero attached hydrogens (tertiary/aromatic N) is 5. The highest BCUT2D eigenvalue weighted by atomic mass is 16.5. The average Bonchev–Trinajstić information content (AvgIpc) is 4.02. The second kappa shape index (κ2) is 15.3. The molecule has 1 aromatic heterocycles. The van der Waals surface area contributed by atoms with Crippen LogP contribution in [0, 0.1) is 28.1 Å². The number of piperidine rings is 2. The number of rotatable bonds is 9. The molecule has 10 rings (SSSR count). The van der Waals surface area contributed by atoms with Gasteiger partial charge in [-0.1, -0.05) is 27.7 Å². The van der Waals surface area contributed by atoms with Crippen LogP contribution in [0.2, 0.25) is 0 Å². The lowest BCUT2D eigenvalue weighted by atomic mass is 9.49. The summed E-state index contributed by atoms with van der Waals surface area (Å²) in [5.74, 6) is 0.300. The molecule has 2 unspecified atom stereocenters. The molecule has 0 spiro atoms. The molecule has 4 aliphatic heterocycles. The zero-order chi connectivity index (χ0) is 43.9. The van der Waals surface area contributed by atoms with Crippen LogP contribution < -0.4 is 30.7 Å². The van der Waals surface area contributed by atoms with Crippen LogP contribution in [0.25, 0.3) is 10.9 Å². The molecule has 0 bridgehead atoms. The maximum Gasteiger partial charge on any atom is 0.255 e. The Morgan fingerprint density at radius 1 is 0.857 bits per heavy atom. The zero-order valence-corrected chi connectivity index (χ0v) is 36.3. The Labute approximate surface area is 366 Å². The van der Waals surface area contributed by atoms with Gasteiger partial charge in [0.2, 0.25) is 17.4 Å². The first-order chi connectivity index (χ1) is 30.2. The highest BCUT2D eigenvalue weighted by Crippen LogP contribution is 2.56. The van der Waals surface area contributed by atoms with Crippen molar-refractivity contribution in [1.82, 2.24) is 25.4 Å². The van der Waals surface area contributed by atoms with Crippen molar-refractivity contribution in [2.45, 2.75) is 96.6 Å². The Morgan fingerprint density at radius 3 is 2.33 bits per heavy atom. The van der Waals surface area contributed by atoms with Crippen LogP contribution >= 0.6 is 0 Å². The Kier molecular flexibility index (Phi) is 9.89. The number of ether oxygens (including phenoxy) is 1. The summed E-state index contributed by atoms with van der Waals surface area (Å²) in [6.45, 7) is 13.8. The summed E-state index contributed by atoms with van der Waals surface area (Å²) >= 11 is 0. The van der Waals surface area contributed by atoms with Gasteiger partial charge in [-0.25, -0.2) is 0 Å². The van der Waals surface area contributed by atoms with Crippen molar-refractivity contribution in [3.05, 3.63) is 99.3 Å².